The van der Waals surface area contributed by atoms with Gasteiger partial charge in [-0.15, -0.1) is 0 Å². The Kier molecular flexibility index (Phi) is 3.46. The Balaban J connectivity index is 1.67. The molecule has 2 rings (SSSR count). The molecule has 0 aromatic rings. The summed E-state index contributed by atoms with van der Waals surface area (Å²) in [5.41, 5.74) is 0. The first-order valence-corrected chi connectivity index (χ1v) is 6.22. The third-order valence-electron chi connectivity index (χ3n) is 3.55. The number of nitrogens with one attached hydrogen (secondary N) is 2. The second-order valence-corrected chi connectivity index (χ2v) is 5.05. The van der Waals surface area contributed by atoms with E-state index in [0.717, 1.165) is 38.5 Å². The maximum Gasteiger partial charge on any atom is 0.315 e. The summed E-state index contributed by atoms with van der Waals surface area (Å²) in [4.78, 5) is 22.7. The van der Waals surface area contributed by atoms with Crippen LogP contribution in [0.5, 0.6) is 0 Å². The van der Waals surface area contributed by atoms with Crippen LogP contribution < -0.4 is 10.6 Å². The van der Waals surface area contributed by atoms with Crippen LogP contribution in [0.15, 0.2) is 0 Å². The molecule has 0 aromatic heterocycles. The van der Waals surface area contributed by atoms with Crippen molar-refractivity contribution in [3.63, 3.8) is 0 Å². The van der Waals surface area contributed by atoms with Crippen LogP contribution in [0.25, 0.3) is 0 Å². The Morgan fingerprint density at radius 3 is 1.69 bits per heavy atom. The largest absolute Gasteiger partial charge is 0.335 e. The minimum Gasteiger partial charge on any atom is -0.335 e. The van der Waals surface area contributed by atoms with Gasteiger partial charge in [-0.2, -0.15) is 0 Å². The lowest BCUT2D eigenvalue weighted by Crippen LogP contribution is -2.44. The molecule has 0 radical (unpaired) electrons. The molecule has 0 bridgehead atoms. The molecule has 2 N–H and O–H groups in total. The highest BCUT2D eigenvalue weighted by Crippen LogP contribution is 2.25. The molecule has 2 saturated carbocycles. The summed E-state index contributed by atoms with van der Waals surface area (Å²) in [5.74, 6) is 0.519. The molecule has 2 fully saturated rings. The fraction of sp³-hybridized carbons (Fsp3) is 0.833. The fourth-order valence-electron chi connectivity index (χ4n) is 2.28. The normalized spacial score (nSPS) is 29.6. The van der Waals surface area contributed by atoms with Gasteiger partial charge in [-0.3, -0.25) is 4.79 Å². The van der Waals surface area contributed by atoms with Gasteiger partial charge in [0, 0.05) is 18.0 Å². The highest BCUT2D eigenvalue weighted by Gasteiger charge is 2.27. The van der Waals surface area contributed by atoms with Crippen LogP contribution in [-0.2, 0) is 4.79 Å². The fourth-order valence-corrected chi connectivity index (χ4v) is 2.28. The van der Waals surface area contributed by atoms with Crippen LogP contribution in [-0.4, -0.2) is 23.9 Å². The highest BCUT2D eigenvalue weighted by atomic mass is 16.2. The third-order valence-corrected chi connectivity index (χ3v) is 3.55. The van der Waals surface area contributed by atoms with E-state index < -0.39 is 0 Å². The molecule has 0 heterocycles. The summed E-state index contributed by atoms with van der Waals surface area (Å²) < 4.78 is 0. The van der Waals surface area contributed by atoms with E-state index in [1.807, 2.05) is 0 Å². The van der Waals surface area contributed by atoms with E-state index >= 15 is 0 Å². The van der Waals surface area contributed by atoms with Crippen molar-refractivity contribution in [1.82, 2.24) is 10.6 Å². The first kappa shape index (κ1) is 11.4. The van der Waals surface area contributed by atoms with Gasteiger partial charge in [0.25, 0.3) is 0 Å². The standard InChI is InChI=1S/C12H20N2O2/c1-8(15)9-2-4-10(5-3-9)13-12(16)14-11-6-7-11/h9-11H,2-7H2,1H3,(H2,13,14,16)/t9-,10-. The molecule has 90 valence electrons. The lowest BCUT2D eigenvalue weighted by Gasteiger charge is -2.27. The van der Waals surface area contributed by atoms with Gasteiger partial charge >= 0.3 is 6.03 Å². The number of rotatable bonds is 3. The van der Waals surface area contributed by atoms with Crippen molar-refractivity contribution >= 4 is 11.8 Å². The van der Waals surface area contributed by atoms with Crippen molar-refractivity contribution in [2.24, 2.45) is 5.92 Å². The van der Waals surface area contributed by atoms with Gasteiger partial charge in [0.2, 0.25) is 0 Å². The summed E-state index contributed by atoms with van der Waals surface area (Å²) >= 11 is 0. The predicted octanol–water partition coefficient (Wildman–Crippen LogP) is 1.60. The summed E-state index contributed by atoms with van der Waals surface area (Å²) in [6.07, 6.45) is 5.94. The van der Waals surface area contributed by atoms with Gasteiger partial charge in [0.05, 0.1) is 0 Å². The molecule has 4 heteroatoms. The highest BCUT2D eigenvalue weighted by molar-refractivity contribution is 5.78. The third kappa shape index (κ3) is 3.22. The molecule has 2 aliphatic rings. The molecule has 0 unspecified atom stereocenters. The molecule has 0 atom stereocenters. The van der Waals surface area contributed by atoms with Gasteiger partial charge in [-0.25, -0.2) is 4.79 Å². The summed E-state index contributed by atoms with van der Waals surface area (Å²) in [5, 5.41) is 5.91. The van der Waals surface area contributed by atoms with E-state index in [4.69, 9.17) is 0 Å². The van der Waals surface area contributed by atoms with Gasteiger partial charge < -0.3 is 10.6 Å². The minimum absolute atomic E-state index is 0.0335. The van der Waals surface area contributed by atoms with Gasteiger partial charge in [0.15, 0.2) is 0 Å². The van der Waals surface area contributed by atoms with Crippen LogP contribution in [0, 0.1) is 5.92 Å². The molecular formula is C12H20N2O2. The van der Waals surface area contributed by atoms with E-state index in [9.17, 15) is 9.59 Å². The Labute approximate surface area is 96.2 Å². The Morgan fingerprint density at radius 1 is 0.875 bits per heavy atom. The molecular weight excluding hydrogens is 204 g/mol. The maximum atomic E-state index is 11.5. The van der Waals surface area contributed by atoms with Gasteiger partial charge in [0.1, 0.15) is 5.78 Å². The zero-order valence-corrected chi connectivity index (χ0v) is 9.79. The van der Waals surface area contributed by atoms with E-state index in [-0.39, 0.29) is 18.0 Å². The van der Waals surface area contributed by atoms with E-state index in [2.05, 4.69) is 10.6 Å². The number of ketones is 1. The minimum atomic E-state index is -0.0335. The number of amides is 2. The second-order valence-electron chi connectivity index (χ2n) is 5.05. The average molecular weight is 224 g/mol. The number of urea groups is 1. The van der Waals surface area contributed by atoms with Crippen LogP contribution in [0.2, 0.25) is 0 Å². The number of hydrogen-bond acceptors (Lipinski definition) is 2. The summed E-state index contributed by atoms with van der Waals surface area (Å²) in [7, 11) is 0. The Hall–Kier alpha value is -1.06. The van der Waals surface area contributed by atoms with Crippen LogP contribution in [0.3, 0.4) is 0 Å². The van der Waals surface area contributed by atoms with Crippen LogP contribution >= 0.6 is 0 Å². The molecule has 2 amide bonds. The number of carbonyl (C=O) groups excluding carboxylic acids is 2. The molecule has 0 aromatic carbocycles. The molecule has 16 heavy (non-hydrogen) atoms. The van der Waals surface area contributed by atoms with E-state index in [0.29, 0.717) is 11.8 Å². The molecule has 2 aliphatic carbocycles. The van der Waals surface area contributed by atoms with Gasteiger partial charge in [-0.05, 0) is 45.4 Å². The monoisotopic (exact) mass is 224 g/mol. The summed E-state index contributed by atoms with van der Waals surface area (Å²) in [6, 6.07) is 0.636. The molecule has 4 nitrogen and oxygen atoms in total. The van der Waals surface area contributed by atoms with E-state index in [1.54, 1.807) is 6.92 Å². The first-order chi connectivity index (χ1) is 7.65. The van der Waals surface area contributed by atoms with Crippen molar-refractivity contribution in [2.45, 2.75) is 57.5 Å². The molecule has 0 spiro atoms. The van der Waals surface area contributed by atoms with Crippen molar-refractivity contribution in [3.8, 4) is 0 Å². The van der Waals surface area contributed by atoms with Gasteiger partial charge in [-0.1, -0.05) is 0 Å². The van der Waals surface area contributed by atoms with Crippen molar-refractivity contribution in [3.05, 3.63) is 0 Å². The maximum absolute atomic E-state index is 11.5. The smallest absolute Gasteiger partial charge is 0.315 e. The summed E-state index contributed by atoms with van der Waals surface area (Å²) in [6.45, 7) is 1.66. The van der Waals surface area contributed by atoms with Crippen LogP contribution in [0.4, 0.5) is 4.79 Å². The number of hydrogen-bond donors (Lipinski definition) is 2. The van der Waals surface area contributed by atoms with Crippen molar-refractivity contribution in [2.75, 3.05) is 0 Å². The Morgan fingerprint density at radius 2 is 1.31 bits per heavy atom. The van der Waals surface area contributed by atoms with Crippen molar-refractivity contribution < 1.29 is 9.59 Å². The Bertz CT molecular complexity index is 279. The quantitative estimate of drug-likeness (QED) is 0.765. The molecule has 0 aliphatic heterocycles. The lowest BCUT2D eigenvalue weighted by atomic mass is 9.84. The predicted molar refractivity (Wildman–Crippen MR) is 61.1 cm³/mol. The lowest BCUT2D eigenvalue weighted by molar-refractivity contribution is -0.121. The number of Topliss-reactive ketones (excluding diaryl/α,β-unsaturated/α-hetero) is 1. The SMILES string of the molecule is CC(=O)[C@H]1CC[C@H](NC(=O)NC2CC2)CC1. The zero-order valence-electron chi connectivity index (χ0n) is 9.79. The second kappa shape index (κ2) is 4.85. The van der Waals surface area contributed by atoms with Crippen LogP contribution in [0.1, 0.15) is 45.4 Å². The topological polar surface area (TPSA) is 58.2 Å². The van der Waals surface area contributed by atoms with Crippen molar-refractivity contribution in [1.29, 1.82) is 0 Å². The van der Waals surface area contributed by atoms with E-state index in [1.165, 1.54) is 0 Å². The zero-order chi connectivity index (χ0) is 11.5. The number of carbonyl (C=O) groups is 2. The molecule has 0 saturated heterocycles. The average Bonchev–Trinajstić information content (AvgIpc) is 3.02. The first-order valence-electron chi connectivity index (χ1n) is 6.22.